The van der Waals surface area contributed by atoms with Gasteiger partial charge in [0.15, 0.2) is 6.29 Å². The van der Waals surface area contributed by atoms with Crippen LogP contribution in [0.15, 0.2) is 22.7 Å². The highest BCUT2D eigenvalue weighted by molar-refractivity contribution is 9.10. The molecule has 1 aromatic carbocycles. The Kier molecular flexibility index (Phi) is 4.66. The molecular formula is C10H12BrFO3. The molecule has 1 unspecified atom stereocenters. The second kappa shape index (κ2) is 5.55. The third-order valence-corrected chi connectivity index (χ3v) is 2.63. The molecule has 1 atom stereocenters. The summed E-state index contributed by atoms with van der Waals surface area (Å²) in [6.07, 6.45) is -2.04. The van der Waals surface area contributed by atoms with Crippen LogP contribution in [0.5, 0.6) is 0 Å². The summed E-state index contributed by atoms with van der Waals surface area (Å²) in [6, 6.07) is 4.67. The maximum absolute atomic E-state index is 13.6. The molecule has 84 valence electrons. The monoisotopic (exact) mass is 278 g/mol. The lowest BCUT2D eigenvalue weighted by Gasteiger charge is -2.20. The van der Waals surface area contributed by atoms with E-state index in [9.17, 15) is 9.50 Å². The van der Waals surface area contributed by atoms with Crippen molar-refractivity contribution in [2.75, 3.05) is 14.2 Å². The fourth-order valence-corrected chi connectivity index (χ4v) is 1.63. The third-order valence-electron chi connectivity index (χ3n) is 2.02. The van der Waals surface area contributed by atoms with Gasteiger partial charge in [0.05, 0.1) is 4.47 Å². The Labute approximate surface area is 95.9 Å². The van der Waals surface area contributed by atoms with Gasteiger partial charge in [-0.1, -0.05) is 12.1 Å². The Bertz CT molecular complexity index is 328. The predicted octanol–water partition coefficient (Wildman–Crippen LogP) is 2.24. The molecule has 15 heavy (non-hydrogen) atoms. The topological polar surface area (TPSA) is 38.7 Å². The number of aliphatic hydroxyl groups excluding tert-OH is 1. The quantitative estimate of drug-likeness (QED) is 0.859. The normalized spacial score (nSPS) is 13.2. The average molecular weight is 279 g/mol. The summed E-state index contributed by atoms with van der Waals surface area (Å²) in [6.45, 7) is 0. The van der Waals surface area contributed by atoms with Crippen LogP contribution in [0.4, 0.5) is 4.39 Å². The van der Waals surface area contributed by atoms with Crippen molar-refractivity contribution in [3.05, 3.63) is 34.1 Å². The average Bonchev–Trinajstić information content (AvgIpc) is 2.23. The Balaban J connectivity index is 2.99. The Morgan fingerprint density at radius 3 is 2.47 bits per heavy atom. The second-order valence-corrected chi connectivity index (χ2v) is 3.78. The molecule has 1 N–H and O–H groups in total. The molecule has 0 bridgehead atoms. The van der Waals surface area contributed by atoms with Gasteiger partial charge in [0.1, 0.15) is 11.9 Å². The Morgan fingerprint density at radius 2 is 1.93 bits per heavy atom. The van der Waals surface area contributed by atoms with Gasteiger partial charge in [0, 0.05) is 19.8 Å². The highest BCUT2D eigenvalue weighted by Gasteiger charge is 2.23. The number of halogens is 2. The van der Waals surface area contributed by atoms with Gasteiger partial charge in [-0.2, -0.15) is 0 Å². The molecule has 0 amide bonds. The van der Waals surface area contributed by atoms with Crippen molar-refractivity contribution in [2.45, 2.75) is 12.4 Å². The first-order valence-corrected chi connectivity index (χ1v) is 5.08. The molecule has 5 heteroatoms. The summed E-state index contributed by atoms with van der Waals surface area (Å²) >= 11 is 3.04. The van der Waals surface area contributed by atoms with Crippen molar-refractivity contribution in [3.63, 3.8) is 0 Å². The minimum Gasteiger partial charge on any atom is -0.383 e. The molecule has 0 aliphatic heterocycles. The Morgan fingerprint density at radius 1 is 1.33 bits per heavy atom. The maximum Gasteiger partial charge on any atom is 0.187 e. The van der Waals surface area contributed by atoms with Gasteiger partial charge >= 0.3 is 0 Å². The van der Waals surface area contributed by atoms with Crippen LogP contribution in [0, 0.1) is 5.82 Å². The highest BCUT2D eigenvalue weighted by atomic mass is 79.9. The van der Waals surface area contributed by atoms with Crippen LogP contribution >= 0.6 is 15.9 Å². The largest absolute Gasteiger partial charge is 0.383 e. The molecule has 0 aromatic heterocycles. The van der Waals surface area contributed by atoms with Gasteiger partial charge in [0.25, 0.3) is 0 Å². The summed E-state index contributed by atoms with van der Waals surface area (Å²) < 4.78 is 23.6. The molecule has 0 saturated carbocycles. The van der Waals surface area contributed by atoms with Crippen LogP contribution in [0.3, 0.4) is 0 Å². The van der Waals surface area contributed by atoms with Crippen LogP contribution < -0.4 is 0 Å². The molecule has 3 nitrogen and oxygen atoms in total. The smallest absolute Gasteiger partial charge is 0.187 e. The zero-order chi connectivity index (χ0) is 11.4. The minimum absolute atomic E-state index is 0.137. The van der Waals surface area contributed by atoms with Crippen molar-refractivity contribution < 1.29 is 19.0 Å². The zero-order valence-electron chi connectivity index (χ0n) is 8.41. The molecule has 0 aliphatic rings. The standard InChI is InChI=1S/C10H12BrFO3/c1-14-10(15-2)9(13)6-4-3-5-7(11)8(6)12/h3-5,9-10,13H,1-2H3. The SMILES string of the molecule is COC(OC)C(O)c1cccc(Br)c1F. The summed E-state index contributed by atoms with van der Waals surface area (Å²) in [5.74, 6) is -0.510. The fraction of sp³-hybridized carbons (Fsp3) is 0.400. The van der Waals surface area contributed by atoms with Gasteiger partial charge in [-0.15, -0.1) is 0 Å². The first-order chi connectivity index (χ1) is 7.11. The first-order valence-electron chi connectivity index (χ1n) is 4.29. The molecule has 0 fully saturated rings. The number of hydrogen-bond acceptors (Lipinski definition) is 3. The van der Waals surface area contributed by atoms with Crippen molar-refractivity contribution in [1.82, 2.24) is 0 Å². The summed E-state index contributed by atoms with van der Waals surface area (Å²) in [7, 11) is 2.76. The molecule has 0 aliphatic carbocycles. The van der Waals surface area contributed by atoms with Crippen LogP contribution in [0.2, 0.25) is 0 Å². The molecule has 1 rings (SSSR count). The number of rotatable bonds is 4. The van der Waals surface area contributed by atoms with E-state index >= 15 is 0 Å². The minimum atomic E-state index is -1.16. The first kappa shape index (κ1) is 12.6. The number of methoxy groups -OCH3 is 2. The van der Waals surface area contributed by atoms with E-state index in [2.05, 4.69) is 15.9 Å². The highest BCUT2D eigenvalue weighted by Crippen LogP contribution is 2.26. The molecule has 1 aromatic rings. The van der Waals surface area contributed by atoms with E-state index in [4.69, 9.17) is 9.47 Å². The summed E-state index contributed by atoms with van der Waals surface area (Å²) in [4.78, 5) is 0. The number of benzene rings is 1. The molecule has 0 heterocycles. The van der Waals surface area contributed by atoms with E-state index in [0.29, 0.717) is 4.47 Å². The lowest BCUT2D eigenvalue weighted by molar-refractivity contribution is -0.166. The van der Waals surface area contributed by atoms with E-state index < -0.39 is 18.2 Å². The molecular weight excluding hydrogens is 267 g/mol. The van der Waals surface area contributed by atoms with Crippen molar-refractivity contribution >= 4 is 15.9 Å². The van der Waals surface area contributed by atoms with Gasteiger partial charge in [0.2, 0.25) is 0 Å². The molecule has 0 spiro atoms. The number of hydrogen-bond donors (Lipinski definition) is 1. The Hall–Kier alpha value is -0.490. The van der Waals surface area contributed by atoms with E-state index in [0.717, 1.165) is 0 Å². The summed E-state index contributed by atoms with van der Waals surface area (Å²) in [5.41, 5.74) is 0.137. The molecule has 0 radical (unpaired) electrons. The van der Waals surface area contributed by atoms with Crippen LogP contribution in [-0.4, -0.2) is 25.6 Å². The predicted molar refractivity (Wildman–Crippen MR) is 56.9 cm³/mol. The van der Waals surface area contributed by atoms with E-state index in [1.165, 1.54) is 20.3 Å². The van der Waals surface area contributed by atoms with Gasteiger partial charge in [-0.25, -0.2) is 4.39 Å². The van der Waals surface area contributed by atoms with Crippen LogP contribution in [0.1, 0.15) is 11.7 Å². The van der Waals surface area contributed by atoms with Gasteiger partial charge in [-0.05, 0) is 22.0 Å². The molecule has 0 saturated heterocycles. The van der Waals surface area contributed by atoms with Crippen molar-refractivity contribution in [1.29, 1.82) is 0 Å². The van der Waals surface area contributed by atoms with Gasteiger partial charge < -0.3 is 14.6 Å². The van der Waals surface area contributed by atoms with E-state index in [1.807, 2.05) is 0 Å². The van der Waals surface area contributed by atoms with E-state index in [-0.39, 0.29) is 5.56 Å². The van der Waals surface area contributed by atoms with Crippen LogP contribution in [-0.2, 0) is 9.47 Å². The second-order valence-electron chi connectivity index (χ2n) is 2.93. The fourth-order valence-electron chi connectivity index (χ4n) is 1.25. The van der Waals surface area contributed by atoms with E-state index in [1.54, 1.807) is 12.1 Å². The van der Waals surface area contributed by atoms with Crippen molar-refractivity contribution in [2.24, 2.45) is 0 Å². The summed E-state index contributed by atoms with van der Waals surface area (Å²) in [5, 5.41) is 9.77. The van der Waals surface area contributed by atoms with Gasteiger partial charge in [-0.3, -0.25) is 0 Å². The lowest BCUT2D eigenvalue weighted by atomic mass is 10.1. The number of aliphatic hydroxyl groups is 1. The number of ether oxygens (including phenoxy) is 2. The lowest BCUT2D eigenvalue weighted by Crippen LogP contribution is -2.23. The maximum atomic E-state index is 13.6. The van der Waals surface area contributed by atoms with Crippen molar-refractivity contribution in [3.8, 4) is 0 Å². The third kappa shape index (κ3) is 2.75. The van der Waals surface area contributed by atoms with Crippen LogP contribution in [0.25, 0.3) is 0 Å². The zero-order valence-corrected chi connectivity index (χ0v) is 9.99.